The summed E-state index contributed by atoms with van der Waals surface area (Å²) in [5.74, 6) is -0.292. The van der Waals surface area contributed by atoms with Crippen molar-refractivity contribution in [2.45, 2.75) is 18.5 Å². The van der Waals surface area contributed by atoms with Crippen LogP contribution in [-0.4, -0.2) is 53.9 Å². The van der Waals surface area contributed by atoms with Crippen molar-refractivity contribution in [1.82, 2.24) is 20.2 Å². The van der Waals surface area contributed by atoms with Crippen molar-refractivity contribution in [3.05, 3.63) is 54.1 Å². The van der Waals surface area contributed by atoms with Crippen LogP contribution in [-0.2, 0) is 4.79 Å². The standard InChI is InChI=1S/C18H21N5O2/c1-22(2)13-6-8-20-15(9-13)18(25)21-14-10-16(24)23(3)17(14)12-5-4-7-19-11-12/h4-9,11,14,17H,10H2,1-3H3,(H,21,25)/t14-,17+/m1/s1. The SMILES string of the molecule is CN(C)c1ccnc(C(=O)N[C@@H]2CC(=O)N(C)[C@H]2c2cccnc2)c1. The number of hydrogen-bond donors (Lipinski definition) is 1. The minimum absolute atomic E-state index is 0.00541. The zero-order chi connectivity index (χ0) is 18.0. The molecular weight excluding hydrogens is 318 g/mol. The number of pyridine rings is 2. The Balaban J connectivity index is 1.82. The molecule has 3 rings (SSSR count). The molecule has 2 aromatic rings. The van der Waals surface area contributed by atoms with Crippen LogP contribution in [0.4, 0.5) is 5.69 Å². The molecule has 7 heteroatoms. The Morgan fingerprint density at radius 2 is 2.12 bits per heavy atom. The maximum absolute atomic E-state index is 12.6. The normalized spacial score (nSPS) is 19.8. The molecule has 3 heterocycles. The van der Waals surface area contributed by atoms with Gasteiger partial charge in [-0.05, 0) is 23.8 Å². The average molecular weight is 339 g/mol. The third-order valence-corrected chi connectivity index (χ3v) is 4.42. The van der Waals surface area contributed by atoms with Crippen LogP contribution in [0.5, 0.6) is 0 Å². The first-order valence-corrected chi connectivity index (χ1v) is 8.07. The summed E-state index contributed by atoms with van der Waals surface area (Å²) in [5, 5.41) is 2.96. The minimum Gasteiger partial charge on any atom is -0.378 e. The molecule has 1 aliphatic rings. The van der Waals surface area contributed by atoms with Gasteiger partial charge in [0, 0.05) is 51.8 Å². The highest BCUT2D eigenvalue weighted by Crippen LogP contribution is 2.31. The van der Waals surface area contributed by atoms with E-state index in [4.69, 9.17) is 0 Å². The van der Waals surface area contributed by atoms with Crippen LogP contribution in [0.25, 0.3) is 0 Å². The number of amides is 2. The number of hydrogen-bond acceptors (Lipinski definition) is 5. The van der Waals surface area contributed by atoms with Gasteiger partial charge in [-0.1, -0.05) is 6.07 Å². The summed E-state index contributed by atoms with van der Waals surface area (Å²) in [4.78, 5) is 36.6. The van der Waals surface area contributed by atoms with Crippen molar-refractivity contribution in [3.63, 3.8) is 0 Å². The topological polar surface area (TPSA) is 78.4 Å². The van der Waals surface area contributed by atoms with Gasteiger partial charge < -0.3 is 15.1 Å². The van der Waals surface area contributed by atoms with Gasteiger partial charge in [-0.2, -0.15) is 0 Å². The number of nitrogens with zero attached hydrogens (tertiary/aromatic N) is 4. The molecule has 0 radical (unpaired) electrons. The number of likely N-dealkylation sites (N-methyl/N-ethyl adjacent to an activating group) is 1. The first kappa shape index (κ1) is 16.9. The number of likely N-dealkylation sites (tertiary alicyclic amines) is 1. The van der Waals surface area contributed by atoms with Gasteiger partial charge in [-0.25, -0.2) is 0 Å². The smallest absolute Gasteiger partial charge is 0.270 e. The summed E-state index contributed by atoms with van der Waals surface area (Å²) in [6.45, 7) is 0. The fourth-order valence-electron chi connectivity index (χ4n) is 3.07. The Kier molecular flexibility index (Phi) is 4.65. The quantitative estimate of drug-likeness (QED) is 0.907. The van der Waals surface area contributed by atoms with Crippen LogP contribution in [0.2, 0.25) is 0 Å². The fourth-order valence-corrected chi connectivity index (χ4v) is 3.07. The molecule has 0 saturated carbocycles. The molecular formula is C18H21N5O2. The number of anilines is 1. The summed E-state index contributed by atoms with van der Waals surface area (Å²) >= 11 is 0. The van der Waals surface area contributed by atoms with E-state index in [2.05, 4.69) is 15.3 Å². The summed E-state index contributed by atoms with van der Waals surface area (Å²) in [6, 6.07) is 6.75. The van der Waals surface area contributed by atoms with Gasteiger partial charge in [-0.3, -0.25) is 19.6 Å². The van der Waals surface area contributed by atoms with Gasteiger partial charge in [0.15, 0.2) is 0 Å². The van der Waals surface area contributed by atoms with Crippen LogP contribution in [0.1, 0.15) is 28.5 Å². The molecule has 1 fully saturated rings. The lowest BCUT2D eigenvalue weighted by atomic mass is 10.0. The van der Waals surface area contributed by atoms with E-state index in [0.29, 0.717) is 5.69 Å². The van der Waals surface area contributed by atoms with Crippen molar-refractivity contribution in [2.24, 2.45) is 0 Å². The number of carbonyl (C=O) groups is 2. The Morgan fingerprint density at radius 1 is 1.32 bits per heavy atom. The molecule has 1 N–H and O–H groups in total. The van der Waals surface area contributed by atoms with E-state index in [1.165, 1.54) is 0 Å². The molecule has 130 valence electrons. The lowest BCUT2D eigenvalue weighted by molar-refractivity contribution is -0.127. The number of carbonyl (C=O) groups excluding carboxylic acids is 2. The second kappa shape index (κ2) is 6.88. The van der Waals surface area contributed by atoms with E-state index >= 15 is 0 Å². The van der Waals surface area contributed by atoms with E-state index < -0.39 is 0 Å². The monoisotopic (exact) mass is 339 g/mol. The fraction of sp³-hybridized carbons (Fsp3) is 0.333. The predicted octanol–water partition coefficient (Wildman–Crippen LogP) is 1.24. The highest BCUT2D eigenvalue weighted by atomic mass is 16.2. The van der Waals surface area contributed by atoms with Gasteiger partial charge in [0.25, 0.3) is 5.91 Å². The third kappa shape index (κ3) is 3.45. The first-order valence-electron chi connectivity index (χ1n) is 8.07. The Labute approximate surface area is 146 Å². The Hall–Kier alpha value is -2.96. The molecule has 0 spiro atoms. The second-order valence-corrected chi connectivity index (χ2v) is 6.31. The lowest BCUT2D eigenvalue weighted by Crippen LogP contribution is -2.39. The second-order valence-electron chi connectivity index (χ2n) is 6.31. The van der Waals surface area contributed by atoms with E-state index in [1.54, 1.807) is 36.6 Å². The number of aromatic nitrogens is 2. The van der Waals surface area contributed by atoms with Crippen LogP contribution in [0.15, 0.2) is 42.9 Å². The van der Waals surface area contributed by atoms with Gasteiger partial charge in [0.1, 0.15) is 5.69 Å². The van der Waals surface area contributed by atoms with Crippen molar-refractivity contribution in [1.29, 1.82) is 0 Å². The van der Waals surface area contributed by atoms with Crippen molar-refractivity contribution < 1.29 is 9.59 Å². The summed E-state index contributed by atoms with van der Waals surface area (Å²) in [5.41, 5.74) is 2.12. The highest BCUT2D eigenvalue weighted by Gasteiger charge is 2.39. The summed E-state index contributed by atoms with van der Waals surface area (Å²) in [7, 11) is 5.55. The van der Waals surface area contributed by atoms with Gasteiger partial charge >= 0.3 is 0 Å². The number of nitrogens with one attached hydrogen (secondary N) is 1. The Morgan fingerprint density at radius 3 is 2.80 bits per heavy atom. The molecule has 7 nitrogen and oxygen atoms in total. The molecule has 2 atom stereocenters. The molecule has 0 aliphatic carbocycles. The van der Waals surface area contributed by atoms with E-state index in [1.807, 2.05) is 37.2 Å². The van der Waals surface area contributed by atoms with E-state index in [-0.39, 0.29) is 30.3 Å². The minimum atomic E-state index is -0.320. The van der Waals surface area contributed by atoms with Gasteiger partial charge in [-0.15, -0.1) is 0 Å². The third-order valence-electron chi connectivity index (χ3n) is 4.42. The van der Waals surface area contributed by atoms with Crippen molar-refractivity contribution in [2.75, 3.05) is 26.0 Å². The average Bonchev–Trinajstić information content (AvgIpc) is 2.89. The molecule has 25 heavy (non-hydrogen) atoms. The Bertz CT molecular complexity index is 778. The van der Waals surface area contributed by atoms with Crippen molar-refractivity contribution >= 4 is 17.5 Å². The summed E-state index contributed by atoms with van der Waals surface area (Å²) in [6.07, 6.45) is 5.28. The molecule has 2 aromatic heterocycles. The van der Waals surface area contributed by atoms with E-state index in [0.717, 1.165) is 11.3 Å². The first-order chi connectivity index (χ1) is 12.0. The molecule has 0 unspecified atom stereocenters. The highest BCUT2D eigenvalue weighted by molar-refractivity contribution is 5.94. The van der Waals surface area contributed by atoms with Gasteiger partial charge in [0.2, 0.25) is 5.91 Å². The number of rotatable bonds is 4. The maximum atomic E-state index is 12.6. The molecule has 0 bridgehead atoms. The van der Waals surface area contributed by atoms with Crippen molar-refractivity contribution in [3.8, 4) is 0 Å². The lowest BCUT2D eigenvalue weighted by Gasteiger charge is -2.25. The maximum Gasteiger partial charge on any atom is 0.270 e. The zero-order valence-electron chi connectivity index (χ0n) is 14.5. The predicted molar refractivity (Wildman–Crippen MR) is 94.2 cm³/mol. The van der Waals surface area contributed by atoms with Crippen LogP contribution in [0, 0.1) is 0 Å². The van der Waals surface area contributed by atoms with Crippen LogP contribution < -0.4 is 10.2 Å². The largest absolute Gasteiger partial charge is 0.378 e. The van der Waals surface area contributed by atoms with Crippen LogP contribution >= 0.6 is 0 Å². The van der Waals surface area contributed by atoms with Gasteiger partial charge in [0.05, 0.1) is 12.1 Å². The summed E-state index contributed by atoms with van der Waals surface area (Å²) < 4.78 is 0. The molecule has 0 aromatic carbocycles. The molecule has 2 amide bonds. The van der Waals surface area contributed by atoms with Crippen LogP contribution in [0.3, 0.4) is 0 Å². The molecule has 1 saturated heterocycles. The zero-order valence-corrected chi connectivity index (χ0v) is 14.5. The van der Waals surface area contributed by atoms with E-state index in [9.17, 15) is 9.59 Å². The molecule has 1 aliphatic heterocycles.